The van der Waals surface area contributed by atoms with Gasteiger partial charge in [-0.3, -0.25) is 0 Å². The van der Waals surface area contributed by atoms with E-state index < -0.39 is 0 Å². The Balaban J connectivity index is 2.22. The summed E-state index contributed by atoms with van der Waals surface area (Å²) < 4.78 is 0. The summed E-state index contributed by atoms with van der Waals surface area (Å²) in [6.45, 7) is 5.57. The molecule has 0 aromatic carbocycles. The van der Waals surface area contributed by atoms with E-state index in [1.54, 1.807) is 0 Å². The van der Waals surface area contributed by atoms with Gasteiger partial charge in [-0.25, -0.2) is 4.98 Å². The number of aromatic nitrogens is 3. The van der Waals surface area contributed by atoms with Crippen LogP contribution in [-0.2, 0) is 12.8 Å². The Bertz CT molecular complexity index is 369. The highest BCUT2D eigenvalue weighted by atomic mass is 16.3. The fourth-order valence-electron chi connectivity index (χ4n) is 1.99. The molecule has 5 heteroatoms. The third-order valence-corrected chi connectivity index (χ3v) is 2.94. The van der Waals surface area contributed by atoms with Gasteiger partial charge in [-0.05, 0) is 19.3 Å². The van der Waals surface area contributed by atoms with Crippen molar-refractivity contribution in [2.24, 2.45) is 0 Å². The van der Waals surface area contributed by atoms with Crippen LogP contribution in [0.15, 0.2) is 0 Å². The normalized spacial score (nSPS) is 20.4. The van der Waals surface area contributed by atoms with Crippen molar-refractivity contribution in [1.82, 2.24) is 15.2 Å². The smallest absolute Gasteiger partial charge is 0.245 e. The lowest BCUT2D eigenvalue weighted by molar-refractivity contribution is 0.198. The Morgan fingerprint density at radius 1 is 1.25 bits per heavy atom. The summed E-state index contributed by atoms with van der Waals surface area (Å²) in [6.07, 6.45) is 2.29. The molecule has 0 amide bonds. The summed E-state index contributed by atoms with van der Waals surface area (Å²) in [5.74, 6) is 0.658. The second-order valence-electron chi connectivity index (χ2n) is 4.10. The minimum atomic E-state index is -0.250. The van der Waals surface area contributed by atoms with Gasteiger partial charge in [0.25, 0.3) is 0 Å². The summed E-state index contributed by atoms with van der Waals surface area (Å²) in [7, 11) is 0. The topological polar surface area (TPSA) is 62.1 Å². The van der Waals surface area contributed by atoms with Crippen molar-refractivity contribution in [1.29, 1.82) is 0 Å². The number of nitrogens with zero attached hydrogens (tertiary/aromatic N) is 4. The van der Waals surface area contributed by atoms with E-state index in [4.69, 9.17) is 0 Å². The predicted octanol–water partition coefficient (Wildman–Crippen LogP) is 0.567. The molecule has 1 aliphatic heterocycles. The number of hydrogen-bond donors (Lipinski definition) is 1. The first-order valence-corrected chi connectivity index (χ1v) is 5.90. The maximum absolute atomic E-state index is 9.47. The van der Waals surface area contributed by atoms with Crippen LogP contribution in [0.5, 0.6) is 0 Å². The van der Waals surface area contributed by atoms with Gasteiger partial charge in [-0.1, -0.05) is 13.8 Å². The Kier molecular flexibility index (Phi) is 3.33. The molecule has 0 unspecified atom stereocenters. The Labute approximate surface area is 95.5 Å². The summed E-state index contributed by atoms with van der Waals surface area (Å²) in [6, 6.07) is 0. The van der Waals surface area contributed by atoms with Crippen molar-refractivity contribution in [3.63, 3.8) is 0 Å². The van der Waals surface area contributed by atoms with Gasteiger partial charge < -0.3 is 10.0 Å². The third-order valence-electron chi connectivity index (χ3n) is 2.94. The van der Waals surface area contributed by atoms with Crippen molar-refractivity contribution < 1.29 is 5.11 Å². The monoisotopic (exact) mass is 222 g/mol. The van der Waals surface area contributed by atoms with Crippen LogP contribution < -0.4 is 4.90 Å². The van der Waals surface area contributed by atoms with Gasteiger partial charge in [0.15, 0.2) is 0 Å². The van der Waals surface area contributed by atoms with Crippen LogP contribution in [0.2, 0.25) is 0 Å². The zero-order valence-electron chi connectivity index (χ0n) is 9.85. The summed E-state index contributed by atoms with van der Waals surface area (Å²) in [5.41, 5.74) is 2.00. The molecule has 2 heterocycles. The van der Waals surface area contributed by atoms with Crippen LogP contribution in [0.3, 0.4) is 0 Å². The maximum atomic E-state index is 9.47. The van der Waals surface area contributed by atoms with Gasteiger partial charge in [-0.15, -0.1) is 5.10 Å². The molecule has 0 bridgehead atoms. The quantitative estimate of drug-likeness (QED) is 0.810. The molecule has 1 aromatic heterocycles. The number of rotatable bonds is 3. The van der Waals surface area contributed by atoms with Crippen LogP contribution >= 0.6 is 0 Å². The molecule has 0 saturated carbocycles. The van der Waals surface area contributed by atoms with Crippen molar-refractivity contribution in [3.8, 4) is 0 Å². The van der Waals surface area contributed by atoms with Crippen LogP contribution in [0.4, 0.5) is 5.95 Å². The third kappa shape index (κ3) is 2.14. The van der Waals surface area contributed by atoms with E-state index in [1.807, 2.05) is 4.90 Å². The van der Waals surface area contributed by atoms with Crippen molar-refractivity contribution >= 4 is 5.95 Å². The van der Waals surface area contributed by atoms with Crippen LogP contribution in [0.25, 0.3) is 0 Å². The molecule has 16 heavy (non-hydrogen) atoms. The van der Waals surface area contributed by atoms with Gasteiger partial charge in [0.1, 0.15) is 0 Å². The van der Waals surface area contributed by atoms with Gasteiger partial charge in [0.2, 0.25) is 5.95 Å². The second-order valence-corrected chi connectivity index (χ2v) is 4.10. The van der Waals surface area contributed by atoms with Crippen molar-refractivity contribution in [2.75, 3.05) is 18.0 Å². The van der Waals surface area contributed by atoms with E-state index in [9.17, 15) is 5.11 Å². The summed E-state index contributed by atoms with van der Waals surface area (Å²) in [5, 5.41) is 17.8. The molecule has 1 N–H and O–H groups in total. The van der Waals surface area contributed by atoms with Crippen molar-refractivity contribution in [2.45, 2.75) is 39.2 Å². The lowest BCUT2D eigenvalue weighted by atomic mass is 10.2. The highest BCUT2D eigenvalue weighted by Crippen LogP contribution is 2.16. The van der Waals surface area contributed by atoms with E-state index in [2.05, 4.69) is 29.0 Å². The highest BCUT2D eigenvalue weighted by Gasteiger charge is 2.23. The number of β-amino-alcohol motifs (C(OH)–C–C–N with tert-alkyl or cyclic N) is 1. The molecule has 1 aliphatic rings. The molecular weight excluding hydrogens is 204 g/mol. The zero-order chi connectivity index (χ0) is 11.5. The number of hydrogen-bond acceptors (Lipinski definition) is 5. The first kappa shape index (κ1) is 11.3. The average Bonchev–Trinajstić information content (AvgIpc) is 2.75. The van der Waals surface area contributed by atoms with E-state index >= 15 is 0 Å². The molecule has 0 aliphatic carbocycles. The van der Waals surface area contributed by atoms with E-state index in [1.165, 1.54) is 0 Å². The predicted molar refractivity (Wildman–Crippen MR) is 61.4 cm³/mol. The summed E-state index contributed by atoms with van der Waals surface area (Å²) >= 11 is 0. The average molecular weight is 222 g/mol. The Morgan fingerprint density at radius 3 is 2.56 bits per heavy atom. The number of anilines is 1. The first-order valence-electron chi connectivity index (χ1n) is 5.90. The minimum Gasteiger partial charge on any atom is -0.391 e. The van der Waals surface area contributed by atoms with Gasteiger partial charge >= 0.3 is 0 Å². The first-order chi connectivity index (χ1) is 7.74. The van der Waals surface area contributed by atoms with Crippen LogP contribution in [-0.4, -0.2) is 39.5 Å². The molecule has 1 saturated heterocycles. The van der Waals surface area contributed by atoms with Crippen LogP contribution in [0, 0.1) is 0 Å². The Morgan fingerprint density at radius 2 is 2.00 bits per heavy atom. The molecule has 2 rings (SSSR count). The van der Waals surface area contributed by atoms with Crippen LogP contribution in [0.1, 0.15) is 31.7 Å². The van der Waals surface area contributed by atoms with E-state index in [0.29, 0.717) is 12.5 Å². The number of aryl methyl sites for hydroxylation is 2. The lowest BCUT2D eigenvalue weighted by Gasteiger charge is -2.15. The van der Waals surface area contributed by atoms with E-state index in [0.717, 1.165) is 37.2 Å². The summed E-state index contributed by atoms with van der Waals surface area (Å²) in [4.78, 5) is 6.52. The highest BCUT2D eigenvalue weighted by molar-refractivity contribution is 5.32. The zero-order valence-corrected chi connectivity index (χ0v) is 9.85. The van der Waals surface area contributed by atoms with Crippen molar-refractivity contribution in [3.05, 3.63) is 11.4 Å². The fourth-order valence-corrected chi connectivity index (χ4v) is 1.99. The van der Waals surface area contributed by atoms with Gasteiger partial charge in [0, 0.05) is 13.1 Å². The molecule has 1 atom stereocenters. The maximum Gasteiger partial charge on any atom is 0.245 e. The molecule has 1 aromatic rings. The lowest BCUT2D eigenvalue weighted by Crippen LogP contribution is -2.24. The van der Waals surface area contributed by atoms with E-state index in [-0.39, 0.29) is 6.10 Å². The molecule has 88 valence electrons. The largest absolute Gasteiger partial charge is 0.391 e. The number of aliphatic hydroxyl groups is 1. The van der Waals surface area contributed by atoms with Gasteiger partial charge in [-0.2, -0.15) is 5.10 Å². The molecule has 1 fully saturated rings. The minimum absolute atomic E-state index is 0.250. The fraction of sp³-hybridized carbons (Fsp3) is 0.727. The molecule has 5 nitrogen and oxygen atoms in total. The number of aliphatic hydroxyl groups excluding tert-OH is 1. The standard InChI is InChI=1S/C11H18N4O/c1-3-9-10(4-2)13-14-11(12-9)15-6-5-8(16)7-15/h8,16H,3-7H2,1-2H3/t8-/m1/s1. The molecule has 0 spiro atoms. The Hall–Kier alpha value is -1.23. The second kappa shape index (κ2) is 4.74. The van der Waals surface area contributed by atoms with Gasteiger partial charge in [0.05, 0.1) is 17.5 Å². The molecule has 0 radical (unpaired) electrons. The SMILES string of the molecule is CCc1nnc(N2CC[C@@H](O)C2)nc1CC. The molecular formula is C11H18N4O.